The second kappa shape index (κ2) is 5.21. The summed E-state index contributed by atoms with van der Waals surface area (Å²) in [6.45, 7) is 1.80. The van der Waals surface area contributed by atoms with Gasteiger partial charge in [0.05, 0.1) is 23.5 Å². The minimum absolute atomic E-state index is 0.171. The summed E-state index contributed by atoms with van der Waals surface area (Å²) < 4.78 is 0. The minimum atomic E-state index is -0.994. The lowest BCUT2D eigenvalue weighted by Crippen LogP contribution is -2.46. The van der Waals surface area contributed by atoms with Gasteiger partial charge in [-0.1, -0.05) is 0 Å². The van der Waals surface area contributed by atoms with Gasteiger partial charge < -0.3 is 10.4 Å². The SMILES string of the molecule is CC1SCC(C(=O)O)N1C(=O)Nc1cncnc1. The second-order valence-corrected chi connectivity index (χ2v) is 5.10. The number of amides is 2. The molecule has 0 spiro atoms. The minimum Gasteiger partial charge on any atom is -0.480 e. The van der Waals surface area contributed by atoms with Crippen molar-refractivity contribution in [1.29, 1.82) is 0 Å². The largest absolute Gasteiger partial charge is 0.480 e. The van der Waals surface area contributed by atoms with E-state index < -0.39 is 18.0 Å². The number of nitrogens with one attached hydrogen (secondary N) is 1. The number of aliphatic carboxylic acids is 1. The zero-order valence-electron chi connectivity index (χ0n) is 9.61. The van der Waals surface area contributed by atoms with Crippen molar-refractivity contribution in [3.8, 4) is 0 Å². The molecule has 0 bridgehead atoms. The molecule has 96 valence electrons. The molecule has 2 rings (SSSR count). The first-order valence-corrected chi connectivity index (χ1v) is 6.33. The molecule has 1 fully saturated rings. The van der Waals surface area contributed by atoms with Crippen molar-refractivity contribution in [3.05, 3.63) is 18.7 Å². The fourth-order valence-electron chi connectivity index (χ4n) is 1.69. The van der Waals surface area contributed by atoms with E-state index in [2.05, 4.69) is 15.3 Å². The van der Waals surface area contributed by atoms with Crippen molar-refractivity contribution >= 4 is 29.4 Å². The van der Waals surface area contributed by atoms with Gasteiger partial charge in [0.15, 0.2) is 0 Å². The molecule has 2 unspecified atom stereocenters. The number of carboxylic acid groups (broad SMARTS) is 1. The second-order valence-electron chi connectivity index (χ2n) is 3.75. The van der Waals surface area contributed by atoms with Crippen LogP contribution in [0.2, 0.25) is 0 Å². The molecule has 2 heterocycles. The quantitative estimate of drug-likeness (QED) is 0.825. The Labute approximate surface area is 108 Å². The number of rotatable bonds is 2. The predicted molar refractivity (Wildman–Crippen MR) is 66.2 cm³/mol. The molecular formula is C10H12N4O3S. The van der Waals surface area contributed by atoms with E-state index in [1.807, 2.05) is 0 Å². The number of thioether (sulfide) groups is 1. The summed E-state index contributed by atoms with van der Waals surface area (Å²) in [5.74, 6) is -0.596. The van der Waals surface area contributed by atoms with Gasteiger partial charge in [0.2, 0.25) is 0 Å². The van der Waals surface area contributed by atoms with Crippen LogP contribution >= 0.6 is 11.8 Å². The summed E-state index contributed by atoms with van der Waals surface area (Å²) in [6, 6.07) is -1.25. The van der Waals surface area contributed by atoms with Gasteiger partial charge >= 0.3 is 12.0 Å². The molecular weight excluding hydrogens is 256 g/mol. The number of carbonyl (C=O) groups excluding carboxylic acids is 1. The van der Waals surface area contributed by atoms with Gasteiger partial charge in [-0.05, 0) is 6.92 Å². The summed E-state index contributed by atoms with van der Waals surface area (Å²) >= 11 is 1.43. The maximum absolute atomic E-state index is 12.0. The Bertz CT molecular complexity index is 456. The Balaban J connectivity index is 2.10. The lowest BCUT2D eigenvalue weighted by molar-refractivity contribution is -0.141. The third kappa shape index (κ3) is 2.53. The van der Waals surface area contributed by atoms with Gasteiger partial charge in [0, 0.05) is 5.75 Å². The van der Waals surface area contributed by atoms with Gasteiger partial charge in [-0.25, -0.2) is 19.6 Å². The van der Waals surface area contributed by atoms with Crippen molar-refractivity contribution in [2.24, 2.45) is 0 Å². The fourth-order valence-corrected chi connectivity index (χ4v) is 2.86. The molecule has 2 atom stereocenters. The van der Waals surface area contributed by atoms with Gasteiger partial charge in [-0.15, -0.1) is 11.8 Å². The Morgan fingerprint density at radius 1 is 1.50 bits per heavy atom. The van der Waals surface area contributed by atoms with E-state index in [0.717, 1.165) is 0 Å². The average molecular weight is 268 g/mol. The van der Waals surface area contributed by atoms with E-state index in [4.69, 9.17) is 5.11 Å². The normalized spacial score (nSPS) is 22.8. The highest BCUT2D eigenvalue weighted by Crippen LogP contribution is 2.29. The number of carbonyl (C=O) groups is 2. The third-order valence-corrected chi connectivity index (χ3v) is 3.77. The highest BCUT2D eigenvalue weighted by molar-refractivity contribution is 8.00. The van der Waals surface area contributed by atoms with Crippen LogP contribution in [0.4, 0.5) is 10.5 Å². The van der Waals surface area contributed by atoms with E-state index in [0.29, 0.717) is 11.4 Å². The molecule has 1 saturated heterocycles. The van der Waals surface area contributed by atoms with Crippen LogP contribution in [0.15, 0.2) is 18.7 Å². The smallest absolute Gasteiger partial charge is 0.327 e. The van der Waals surface area contributed by atoms with Gasteiger partial charge in [-0.2, -0.15) is 0 Å². The summed E-state index contributed by atoms with van der Waals surface area (Å²) in [5.41, 5.74) is 0.440. The first kappa shape index (κ1) is 12.6. The molecule has 1 aliphatic heterocycles. The van der Waals surface area contributed by atoms with Crippen LogP contribution < -0.4 is 5.32 Å². The Morgan fingerprint density at radius 2 is 2.17 bits per heavy atom. The predicted octanol–water partition coefficient (Wildman–Crippen LogP) is 0.856. The first-order valence-electron chi connectivity index (χ1n) is 5.28. The number of urea groups is 1. The molecule has 2 amide bonds. The molecule has 1 aromatic rings. The first-order chi connectivity index (χ1) is 8.59. The Morgan fingerprint density at radius 3 is 2.78 bits per heavy atom. The van der Waals surface area contributed by atoms with Crippen molar-refractivity contribution < 1.29 is 14.7 Å². The van der Waals surface area contributed by atoms with Crippen molar-refractivity contribution in [2.45, 2.75) is 18.3 Å². The fraction of sp³-hybridized carbons (Fsp3) is 0.400. The highest BCUT2D eigenvalue weighted by Gasteiger charge is 2.39. The molecule has 8 heteroatoms. The topological polar surface area (TPSA) is 95.4 Å². The lowest BCUT2D eigenvalue weighted by atomic mass is 10.3. The van der Waals surface area contributed by atoms with Crippen LogP contribution in [0, 0.1) is 0 Å². The van der Waals surface area contributed by atoms with E-state index in [1.54, 1.807) is 6.92 Å². The zero-order valence-corrected chi connectivity index (χ0v) is 10.4. The number of hydrogen-bond donors (Lipinski definition) is 2. The number of nitrogens with zero attached hydrogens (tertiary/aromatic N) is 3. The average Bonchev–Trinajstić information content (AvgIpc) is 2.72. The molecule has 0 saturated carbocycles. The summed E-state index contributed by atoms with van der Waals surface area (Å²) in [5, 5.41) is 11.5. The van der Waals surface area contributed by atoms with Crippen molar-refractivity contribution in [1.82, 2.24) is 14.9 Å². The molecule has 1 aliphatic rings. The molecule has 18 heavy (non-hydrogen) atoms. The lowest BCUT2D eigenvalue weighted by Gasteiger charge is -2.24. The summed E-state index contributed by atoms with van der Waals surface area (Å²) in [6.07, 6.45) is 4.26. The Hall–Kier alpha value is -1.83. The molecule has 7 nitrogen and oxygen atoms in total. The molecule has 0 aromatic carbocycles. The number of aromatic nitrogens is 2. The maximum atomic E-state index is 12.0. The van der Waals surface area contributed by atoms with Crippen molar-refractivity contribution in [3.63, 3.8) is 0 Å². The van der Waals surface area contributed by atoms with Crippen LogP contribution in [0.1, 0.15) is 6.92 Å². The Kier molecular flexibility index (Phi) is 3.66. The van der Waals surface area contributed by atoms with Crippen LogP contribution in [0.3, 0.4) is 0 Å². The summed E-state index contributed by atoms with van der Waals surface area (Å²) in [7, 11) is 0. The van der Waals surface area contributed by atoms with E-state index in [9.17, 15) is 9.59 Å². The maximum Gasteiger partial charge on any atom is 0.327 e. The van der Waals surface area contributed by atoms with E-state index in [1.165, 1.54) is 35.4 Å². The van der Waals surface area contributed by atoms with Crippen LogP contribution in [0.25, 0.3) is 0 Å². The standard InChI is InChI=1S/C10H12N4O3S/c1-6-14(8(4-18-6)9(15)16)10(17)13-7-2-11-5-12-3-7/h2-3,5-6,8H,4H2,1H3,(H,13,17)(H,15,16). The van der Waals surface area contributed by atoms with Crippen LogP contribution in [-0.2, 0) is 4.79 Å². The summed E-state index contributed by atoms with van der Waals surface area (Å²) in [4.78, 5) is 31.9. The molecule has 0 radical (unpaired) electrons. The third-order valence-electron chi connectivity index (χ3n) is 2.55. The van der Waals surface area contributed by atoms with Crippen LogP contribution in [-0.4, -0.2) is 49.1 Å². The van der Waals surface area contributed by atoms with Crippen molar-refractivity contribution in [2.75, 3.05) is 11.1 Å². The van der Waals surface area contributed by atoms with E-state index >= 15 is 0 Å². The molecule has 1 aromatic heterocycles. The molecule has 2 N–H and O–H groups in total. The highest BCUT2D eigenvalue weighted by atomic mass is 32.2. The van der Waals surface area contributed by atoms with Gasteiger partial charge in [0.25, 0.3) is 0 Å². The number of carboxylic acids is 1. The molecule has 0 aliphatic carbocycles. The zero-order chi connectivity index (χ0) is 13.1. The van der Waals surface area contributed by atoms with E-state index in [-0.39, 0.29) is 5.37 Å². The van der Waals surface area contributed by atoms with Gasteiger partial charge in [-0.3, -0.25) is 4.90 Å². The van der Waals surface area contributed by atoms with Crippen LogP contribution in [0.5, 0.6) is 0 Å². The number of hydrogen-bond acceptors (Lipinski definition) is 5. The van der Waals surface area contributed by atoms with Gasteiger partial charge in [0.1, 0.15) is 12.4 Å². The number of anilines is 1. The monoisotopic (exact) mass is 268 g/mol.